The van der Waals surface area contributed by atoms with Crippen molar-refractivity contribution >= 4 is 10.9 Å². The first-order valence-electron chi connectivity index (χ1n) is 11.2. The van der Waals surface area contributed by atoms with Gasteiger partial charge in [-0.25, -0.2) is 0 Å². The third kappa shape index (κ3) is 3.93. The van der Waals surface area contributed by atoms with Crippen LogP contribution in [0, 0.1) is 0 Å². The van der Waals surface area contributed by atoms with Gasteiger partial charge in [0.15, 0.2) is 0 Å². The number of hydrogen-bond donors (Lipinski definition) is 2. The van der Waals surface area contributed by atoms with E-state index in [1.807, 2.05) is 0 Å². The molecule has 2 nitrogen and oxygen atoms in total. The zero-order valence-corrected chi connectivity index (χ0v) is 18.1. The number of nitrogens with two attached hydrogens (primary N) is 1. The second kappa shape index (κ2) is 9.32. The van der Waals surface area contributed by atoms with Gasteiger partial charge >= 0.3 is 0 Å². The average molecular weight is 397 g/mol. The van der Waals surface area contributed by atoms with Crippen LogP contribution in [-0.2, 0) is 6.42 Å². The van der Waals surface area contributed by atoms with Crippen LogP contribution < -0.4 is 5.73 Å². The fourth-order valence-electron chi connectivity index (χ4n) is 4.43. The Morgan fingerprint density at radius 2 is 1.57 bits per heavy atom. The molecule has 0 aliphatic carbocycles. The highest BCUT2D eigenvalue weighted by molar-refractivity contribution is 5.96. The fourth-order valence-corrected chi connectivity index (χ4v) is 4.43. The van der Waals surface area contributed by atoms with Gasteiger partial charge in [-0.15, -0.1) is 0 Å². The van der Waals surface area contributed by atoms with Crippen molar-refractivity contribution in [3.05, 3.63) is 83.9 Å². The maximum atomic E-state index is 5.80. The van der Waals surface area contributed by atoms with E-state index in [0.29, 0.717) is 5.92 Å². The summed E-state index contributed by atoms with van der Waals surface area (Å²) in [6, 6.07) is 26.2. The van der Waals surface area contributed by atoms with Crippen LogP contribution in [-0.4, -0.2) is 11.5 Å². The Balaban J connectivity index is 1.94. The van der Waals surface area contributed by atoms with Gasteiger partial charge < -0.3 is 10.7 Å². The molecule has 0 aliphatic heterocycles. The quantitative estimate of drug-likeness (QED) is 0.301. The molecule has 1 aromatic heterocycles. The van der Waals surface area contributed by atoms with E-state index in [1.54, 1.807) is 0 Å². The number of aromatic amines is 1. The molecule has 2 heteroatoms. The lowest BCUT2D eigenvalue weighted by Gasteiger charge is -2.11. The molecular formula is C28H32N2. The maximum absolute atomic E-state index is 5.80. The first kappa shape index (κ1) is 20.4. The van der Waals surface area contributed by atoms with Crippen molar-refractivity contribution in [2.45, 2.75) is 45.4 Å². The lowest BCUT2D eigenvalue weighted by molar-refractivity contribution is 0.738. The summed E-state index contributed by atoms with van der Waals surface area (Å²) in [7, 11) is 0. The zero-order valence-electron chi connectivity index (χ0n) is 18.1. The predicted molar refractivity (Wildman–Crippen MR) is 130 cm³/mol. The minimum Gasteiger partial charge on any atom is -0.354 e. The van der Waals surface area contributed by atoms with E-state index in [1.165, 1.54) is 44.4 Å². The molecule has 0 aliphatic rings. The summed E-state index contributed by atoms with van der Waals surface area (Å²) in [4.78, 5) is 3.87. The number of benzene rings is 3. The van der Waals surface area contributed by atoms with Gasteiger partial charge in [-0.1, -0.05) is 86.6 Å². The summed E-state index contributed by atoms with van der Waals surface area (Å²) in [6.07, 6.45) is 4.34. The molecule has 1 unspecified atom stereocenters. The van der Waals surface area contributed by atoms with Gasteiger partial charge in [-0.05, 0) is 60.4 Å². The van der Waals surface area contributed by atoms with Crippen LogP contribution in [0.5, 0.6) is 0 Å². The average Bonchev–Trinajstić information content (AvgIpc) is 3.18. The number of nitrogens with one attached hydrogen (secondary N) is 1. The second-order valence-corrected chi connectivity index (χ2v) is 8.22. The third-order valence-electron chi connectivity index (χ3n) is 6.28. The van der Waals surface area contributed by atoms with Gasteiger partial charge in [0.25, 0.3) is 0 Å². The van der Waals surface area contributed by atoms with E-state index in [-0.39, 0.29) is 0 Å². The number of H-pyrrole nitrogens is 1. The molecule has 4 aromatic rings. The number of aromatic nitrogens is 1. The Morgan fingerprint density at radius 3 is 2.30 bits per heavy atom. The van der Waals surface area contributed by atoms with E-state index >= 15 is 0 Å². The molecule has 4 rings (SSSR count). The summed E-state index contributed by atoms with van der Waals surface area (Å²) < 4.78 is 0. The van der Waals surface area contributed by atoms with Crippen molar-refractivity contribution in [2.24, 2.45) is 5.73 Å². The van der Waals surface area contributed by atoms with Crippen LogP contribution in [0.3, 0.4) is 0 Å². The molecule has 0 radical (unpaired) electrons. The Hall–Kier alpha value is -2.84. The van der Waals surface area contributed by atoms with Crippen molar-refractivity contribution in [1.82, 2.24) is 4.98 Å². The van der Waals surface area contributed by atoms with Gasteiger partial charge in [-0.2, -0.15) is 0 Å². The predicted octanol–water partition coefficient (Wildman–Crippen LogP) is 7.30. The van der Waals surface area contributed by atoms with E-state index in [4.69, 9.17) is 5.73 Å². The first-order chi connectivity index (χ1) is 14.7. The summed E-state index contributed by atoms with van der Waals surface area (Å²) in [5.41, 5.74) is 15.0. The largest absolute Gasteiger partial charge is 0.354 e. The highest BCUT2D eigenvalue weighted by atomic mass is 14.7. The Labute approximate surface area is 180 Å². The van der Waals surface area contributed by atoms with Crippen molar-refractivity contribution in [1.29, 1.82) is 0 Å². The van der Waals surface area contributed by atoms with Crippen LogP contribution in [0.1, 0.15) is 50.2 Å². The molecule has 0 fully saturated rings. The van der Waals surface area contributed by atoms with E-state index in [2.05, 4.69) is 91.6 Å². The Morgan fingerprint density at radius 1 is 0.833 bits per heavy atom. The van der Waals surface area contributed by atoms with Gasteiger partial charge in [0.2, 0.25) is 0 Å². The topological polar surface area (TPSA) is 41.8 Å². The Bertz CT molecular complexity index is 1110. The molecule has 0 saturated carbocycles. The summed E-state index contributed by atoms with van der Waals surface area (Å²) in [5.74, 6) is 0.529. The summed E-state index contributed by atoms with van der Waals surface area (Å²) in [6.45, 7) is 5.33. The van der Waals surface area contributed by atoms with Crippen LogP contribution in [0.25, 0.3) is 33.3 Å². The number of aryl methyl sites for hydroxylation is 1. The third-order valence-corrected chi connectivity index (χ3v) is 6.28. The molecule has 0 amide bonds. The van der Waals surface area contributed by atoms with Crippen molar-refractivity contribution in [3.8, 4) is 22.4 Å². The smallest absolute Gasteiger partial charge is 0.0503 e. The summed E-state index contributed by atoms with van der Waals surface area (Å²) >= 11 is 0. The van der Waals surface area contributed by atoms with Crippen molar-refractivity contribution in [3.63, 3.8) is 0 Å². The lowest BCUT2D eigenvalue weighted by Crippen LogP contribution is -1.99. The fraction of sp³-hybridized carbons (Fsp3) is 0.286. The summed E-state index contributed by atoms with van der Waals surface area (Å²) in [5, 5.41) is 1.36. The van der Waals surface area contributed by atoms with E-state index < -0.39 is 0 Å². The van der Waals surface area contributed by atoms with E-state index in [9.17, 15) is 0 Å². The number of rotatable bonds is 8. The number of unbranched alkanes of at least 4 members (excludes halogenated alkanes) is 1. The van der Waals surface area contributed by atoms with Crippen molar-refractivity contribution < 1.29 is 0 Å². The monoisotopic (exact) mass is 396 g/mol. The van der Waals surface area contributed by atoms with Gasteiger partial charge in [0.05, 0.1) is 5.69 Å². The number of fused-ring (bicyclic) bond motifs is 1. The van der Waals surface area contributed by atoms with Crippen molar-refractivity contribution in [2.75, 3.05) is 6.54 Å². The SMILES string of the molecule is CCC(C)c1cccc2c(CCCCN)c(-c3ccccc3-c3ccccc3)[nH]c12. The van der Waals surface area contributed by atoms with Gasteiger partial charge in [0.1, 0.15) is 0 Å². The standard InChI is InChI=1S/C28H32N2/c1-3-20(2)22-17-11-18-26-25(16-9-10-19-29)28(30-27(22)26)24-15-8-7-14-23(24)21-12-5-4-6-13-21/h4-8,11-15,17-18,20,30H,3,9-10,16,19,29H2,1-2H3. The minimum atomic E-state index is 0.529. The molecule has 0 spiro atoms. The van der Waals surface area contributed by atoms with Crippen LogP contribution in [0.2, 0.25) is 0 Å². The normalized spacial score (nSPS) is 12.4. The molecule has 30 heavy (non-hydrogen) atoms. The van der Waals surface area contributed by atoms with Gasteiger partial charge in [-0.3, -0.25) is 0 Å². The van der Waals surface area contributed by atoms with Crippen LogP contribution in [0.15, 0.2) is 72.8 Å². The second-order valence-electron chi connectivity index (χ2n) is 8.22. The molecule has 3 aromatic carbocycles. The molecule has 1 atom stereocenters. The minimum absolute atomic E-state index is 0.529. The molecule has 0 bridgehead atoms. The van der Waals surface area contributed by atoms with Gasteiger partial charge in [0, 0.05) is 16.5 Å². The Kier molecular flexibility index (Phi) is 6.35. The highest BCUT2D eigenvalue weighted by Crippen LogP contribution is 2.39. The van der Waals surface area contributed by atoms with Crippen LogP contribution >= 0.6 is 0 Å². The lowest BCUT2D eigenvalue weighted by atomic mass is 9.92. The molecule has 1 heterocycles. The molecule has 3 N–H and O–H groups in total. The number of hydrogen-bond acceptors (Lipinski definition) is 1. The maximum Gasteiger partial charge on any atom is 0.0503 e. The number of para-hydroxylation sites is 1. The zero-order chi connectivity index (χ0) is 20.9. The molecule has 154 valence electrons. The molecular weight excluding hydrogens is 364 g/mol. The first-order valence-corrected chi connectivity index (χ1v) is 11.2. The van der Waals surface area contributed by atoms with E-state index in [0.717, 1.165) is 32.2 Å². The van der Waals surface area contributed by atoms with Crippen LogP contribution in [0.4, 0.5) is 0 Å². The molecule has 0 saturated heterocycles. The highest BCUT2D eigenvalue weighted by Gasteiger charge is 2.19.